The van der Waals surface area contributed by atoms with E-state index in [1.54, 1.807) is 12.1 Å². The fourth-order valence-electron chi connectivity index (χ4n) is 2.57. The smallest absolute Gasteiger partial charge is 0.342 e. The number of carbonyl (C=O) groups is 1. The summed E-state index contributed by atoms with van der Waals surface area (Å²) >= 11 is 0. The third-order valence-corrected chi connectivity index (χ3v) is 3.58. The van der Waals surface area contributed by atoms with Gasteiger partial charge >= 0.3 is 5.97 Å². The highest BCUT2D eigenvalue weighted by Crippen LogP contribution is 2.35. The van der Waals surface area contributed by atoms with E-state index >= 15 is 0 Å². The van der Waals surface area contributed by atoms with Gasteiger partial charge in [0.1, 0.15) is 17.9 Å². The van der Waals surface area contributed by atoms with Crippen molar-refractivity contribution >= 4 is 5.97 Å². The predicted octanol–water partition coefficient (Wildman–Crippen LogP) is 3.69. The molecule has 2 aromatic rings. The van der Waals surface area contributed by atoms with Crippen LogP contribution in [0.3, 0.4) is 0 Å². The molecule has 2 rings (SSSR count). The number of methoxy groups -OCH3 is 3. The van der Waals surface area contributed by atoms with Crippen LogP contribution in [0, 0.1) is 13.8 Å². The number of aryl methyl sites for hydroxylation is 2. The van der Waals surface area contributed by atoms with Crippen molar-refractivity contribution in [1.82, 2.24) is 0 Å². The van der Waals surface area contributed by atoms with Crippen LogP contribution in [0.2, 0.25) is 0 Å². The summed E-state index contributed by atoms with van der Waals surface area (Å²) in [5.74, 6) is 0.821. The molecule has 0 amide bonds. The van der Waals surface area contributed by atoms with Gasteiger partial charge in [0.25, 0.3) is 0 Å². The van der Waals surface area contributed by atoms with Crippen molar-refractivity contribution in [3.05, 3.63) is 52.6 Å². The van der Waals surface area contributed by atoms with Gasteiger partial charge in [0.2, 0.25) is 0 Å². The molecule has 0 heterocycles. The van der Waals surface area contributed by atoms with E-state index in [-0.39, 0.29) is 6.61 Å². The molecule has 5 nitrogen and oxygen atoms in total. The Balaban J connectivity index is 2.22. The number of esters is 1. The topological polar surface area (TPSA) is 54.0 Å². The maximum absolute atomic E-state index is 12.4. The molecular weight excluding hydrogens is 308 g/mol. The molecule has 0 atom stereocenters. The highest BCUT2D eigenvalue weighted by atomic mass is 16.5. The summed E-state index contributed by atoms with van der Waals surface area (Å²) < 4.78 is 21.1. The number of rotatable bonds is 6. The molecule has 0 saturated heterocycles. The lowest BCUT2D eigenvalue weighted by Gasteiger charge is -2.14. The summed E-state index contributed by atoms with van der Waals surface area (Å²) in [6, 6.07) is 9.22. The Kier molecular flexibility index (Phi) is 5.68. The molecule has 2 aromatic carbocycles. The third kappa shape index (κ3) is 3.98. The minimum atomic E-state index is -0.480. The van der Waals surface area contributed by atoms with E-state index in [2.05, 4.69) is 6.07 Å². The van der Waals surface area contributed by atoms with Crippen molar-refractivity contribution in [3.63, 3.8) is 0 Å². The molecule has 0 N–H and O–H groups in total. The number of benzene rings is 2. The van der Waals surface area contributed by atoms with Gasteiger partial charge in [-0.2, -0.15) is 0 Å². The molecular formula is C19H22O5. The second-order valence-corrected chi connectivity index (χ2v) is 5.48. The lowest BCUT2D eigenvalue weighted by atomic mass is 10.1. The second kappa shape index (κ2) is 7.73. The number of carbonyl (C=O) groups excluding carboxylic acids is 1. The van der Waals surface area contributed by atoms with Crippen molar-refractivity contribution < 1.29 is 23.7 Å². The highest BCUT2D eigenvalue weighted by Gasteiger charge is 2.19. The molecule has 0 radical (unpaired) electrons. The van der Waals surface area contributed by atoms with Crippen molar-refractivity contribution in [3.8, 4) is 17.2 Å². The average molecular weight is 330 g/mol. The van der Waals surface area contributed by atoms with E-state index in [1.165, 1.54) is 21.3 Å². The monoisotopic (exact) mass is 330 g/mol. The van der Waals surface area contributed by atoms with Crippen molar-refractivity contribution in [2.45, 2.75) is 20.5 Å². The molecule has 0 spiro atoms. The minimum absolute atomic E-state index is 0.193. The molecule has 0 fully saturated rings. The molecule has 0 aliphatic heterocycles. The maximum atomic E-state index is 12.4. The largest absolute Gasteiger partial charge is 0.496 e. The molecule has 0 bridgehead atoms. The highest BCUT2D eigenvalue weighted by molar-refractivity contribution is 5.93. The quantitative estimate of drug-likeness (QED) is 0.756. The number of ether oxygens (including phenoxy) is 4. The summed E-state index contributed by atoms with van der Waals surface area (Å²) in [5, 5.41) is 0. The first-order valence-electron chi connectivity index (χ1n) is 7.52. The first-order valence-corrected chi connectivity index (χ1v) is 7.52. The molecule has 0 aromatic heterocycles. The van der Waals surface area contributed by atoms with Gasteiger partial charge in [-0.25, -0.2) is 4.79 Å². The third-order valence-electron chi connectivity index (χ3n) is 3.58. The predicted molar refractivity (Wildman–Crippen MR) is 91.1 cm³/mol. The summed E-state index contributed by atoms with van der Waals surface area (Å²) in [5.41, 5.74) is 3.49. The second-order valence-electron chi connectivity index (χ2n) is 5.48. The van der Waals surface area contributed by atoms with E-state index in [1.807, 2.05) is 26.0 Å². The summed E-state index contributed by atoms with van der Waals surface area (Å²) in [6.45, 7) is 4.21. The van der Waals surface area contributed by atoms with Crippen molar-refractivity contribution in [1.29, 1.82) is 0 Å². The molecule has 0 aliphatic rings. The van der Waals surface area contributed by atoms with E-state index in [9.17, 15) is 4.79 Å². The first kappa shape index (κ1) is 17.7. The zero-order chi connectivity index (χ0) is 17.7. The maximum Gasteiger partial charge on any atom is 0.342 e. The van der Waals surface area contributed by atoms with Gasteiger partial charge in [0.15, 0.2) is 11.5 Å². The SMILES string of the molecule is COc1cc(OC)c(C(=O)OCc2cc(C)cc(C)c2)cc1OC. The Hall–Kier alpha value is -2.69. The molecule has 0 saturated carbocycles. The minimum Gasteiger partial charge on any atom is -0.496 e. The van der Waals surface area contributed by atoms with Crippen LogP contribution < -0.4 is 14.2 Å². The lowest BCUT2D eigenvalue weighted by Crippen LogP contribution is -2.08. The number of hydrogen-bond acceptors (Lipinski definition) is 5. The van der Waals surface area contributed by atoms with Gasteiger partial charge in [-0.1, -0.05) is 29.3 Å². The van der Waals surface area contributed by atoms with Gasteiger partial charge in [-0.05, 0) is 19.4 Å². The van der Waals surface area contributed by atoms with Gasteiger partial charge in [-0.15, -0.1) is 0 Å². The normalized spacial score (nSPS) is 10.2. The fraction of sp³-hybridized carbons (Fsp3) is 0.316. The molecule has 5 heteroatoms. The Morgan fingerprint density at radius 3 is 1.88 bits per heavy atom. The average Bonchev–Trinajstić information content (AvgIpc) is 2.57. The van der Waals surface area contributed by atoms with Gasteiger partial charge in [-0.3, -0.25) is 0 Å². The van der Waals surface area contributed by atoms with Gasteiger partial charge in [0, 0.05) is 12.1 Å². The van der Waals surface area contributed by atoms with Crippen LogP contribution in [0.4, 0.5) is 0 Å². The van der Waals surface area contributed by atoms with E-state index < -0.39 is 5.97 Å². The molecule has 0 unspecified atom stereocenters. The van der Waals surface area contributed by atoms with Crippen LogP contribution in [0.5, 0.6) is 17.2 Å². The molecule has 24 heavy (non-hydrogen) atoms. The Morgan fingerprint density at radius 1 is 0.792 bits per heavy atom. The van der Waals surface area contributed by atoms with E-state index in [0.717, 1.165) is 16.7 Å². The van der Waals surface area contributed by atoms with Crippen molar-refractivity contribution in [2.24, 2.45) is 0 Å². The number of hydrogen-bond donors (Lipinski definition) is 0. The molecule has 128 valence electrons. The Morgan fingerprint density at radius 2 is 1.33 bits per heavy atom. The zero-order valence-corrected chi connectivity index (χ0v) is 14.6. The Bertz CT molecular complexity index is 717. The first-order chi connectivity index (χ1) is 11.5. The van der Waals surface area contributed by atoms with Crippen LogP contribution in [0.15, 0.2) is 30.3 Å². The van der Waals surface area contributed by atoms with Crippen molar-refractivity contribution in [2.75, 3.05) is 21.3 Å². The van der Waals surface area contributed by atoms with Gasteiger partial charge < -0.3 is 18.9 Å². The molecule has 0 aliphatic carbocycles. The van der Waals surface area contributed by atoms with Crippen LogP contribution in [-0.4, -0.2) is 27.3 Å². The lowest BCUT2D eigenvalue weighted by molar-refractivity contribution is 0.0468. The van der Waals surface area contributed by atoms with E-state index in [0.29, 0.717) is 22.8 Å². The van der Waals surface area contributed by atoms with Crippen LogP contribution in [0.1, 0.15) is 27.0 Å². The van der Waals surface area contributed by atoms with Gasteiger partial charge in [0.05, 0.1) is 21.3 Å². The van der Waals surface area contributed by atoms with Crippen LogP contribution >= 0.6 is 0 Å². The van der Waals surface area contributed by atoms with Crippen LogP contribution in [-0.2, 0) is 11.3 Å². The van der Waals surface area contributed by atoms with E-state index in [4.69, 9.17) is 18.9 Å². The zero-order valence-electron chi connectivity index (χ0n) is 14.6. The Labute approximate surface area is 142 Å². The standard InChI is InChI=1S/C19H22O5/c1-12-6-13(2)8-14(7-12)11-24-19(20)15-9-17(22-4)18(23-5)10-16(15)21-3/h6-10H,11H2,1-5H3. The summed E-state index contributed by atoms with van der Waals surface area (Å²) in [7, 11) is 4.52. The van der Waals surface area contributed by atoms with Crippen LogP contribution in [0.25, 0.3) is 0 Å². The summed E-state index contributed by atoms with van der Waals surface area (Å²) in [4.78, 5) is 12.4. The fourth-order valence-corrected chi connectivity index (χ4v) is 2.57. The summed E-state index contributed by atoms with van der Waals surface area (Å²) in [6.07, 6.45) is 0.